The fraction of sp³-hybridized carbons (Fsp3) is 0.571. The lowest BCUT2D eigenvalue weighted by atomic mass is 10.3. The van der Waals surface area contributed by atoms with Gasteiger partial charge in [0.25, 0.3) is 0 Å². The number of amides is 3. The van der Waals surface area contributed by atoms with Crippen molar-refractivity contribution in [2.24, 2.45) is 0 Å². The molecular weight excluding hydrogens is 288 g/mol. The molecule has 0 atom stereocenters. The van der Waals surface area contributed by atoms with Gasteiger partial charge in [-0.15, -0.1) is 0 Å². The zero-order chi connectivity index (χ0) is 16.3. The fourth-order valence-corrected chi connectivity index (χ4v) is 2.18. The van der Waals surface area contributed by atoms with Crippen molar-refractivity contribution in [3.05, 3.63) is 11.3 Å². The van der Waals surface area contributed by atoms with Crippen molar-refractivity contribution < 1.29 is 18.9 Å². The quantitative estimate of drug-likeness (QED) is 0.808. The fourth-order valence-electron chi connectivity index (χ4n) is 2.18. The second-order valence-corrected chi connectivity index (χ2v) is 5.38. The summed E-state index contributed by atoms with van der Waals surface area (Å²) in [6.07, 6.45) is 1.41. The SMILES string of the molecule is Cc1onc(NC(=O)C(=O)N(C)CCN2CCCC2=O)c1C. The molecule has 8 nitrogen and oxygen atoms in total. The number of carbonyl (C=O) groups excluding carboxylic acids is 3. The minimum atomic E-state index is -0.772. The molecule has 0 aliphatic carbocycles. The Kier molecular flexibility index (Phi) is 4.79. The monoisotopic (exact) mass is 308 g/mol. The second-order valence-electron chi connectivity index (χ2n) is 5.38. The van der Waals surface area contributed by atoms with Gasteiger partial charge in [-0.25, -0.2) is 0 Å². The maximum Gasteiger partial charge on any atom is 0.315 e. The van der Waals surface area contributed by atoms with E-state index >= 15 is 0 Å². The molecule has 3 amide bonds. The zero-order valence-corrected chi connectivity index (χ0v) is 13.0. The molecule has 1 saturated heterocycles. The Morgan fingerprint density at radius 3 is 2.68 bits per heavy atom. The van der Waals surface area contributed by atoms with Crippen LogP contribution in [0.4, 0.5) is 5.82 Å². The maximum atomic E-state index is 12.0. The molecule has 1 fully saturated rings. The van der Waals surface area contributed by atoms with Crippen LogP contribution in [0, 0.1) is 13.8 Å². The van der Waals surface area contributed by atoms with Crippen molar-refractivity contribution >= 4 is 23.5 Å². The first-order chi connectivity index (χ1) is 10.4. The van der Waals surface area contributed by atoms with Crippen molar-refractivity contribution in [2.75, 3.05) is 32.0 Å². The summed E-state index contributed by atoms with van der Waals surface area (Å²) in [7, 11) is 1.53. The van der Waals surface area contributed by atoms with Crippen molar-refractivity contribution in [3.63, 3.8) is 0 Å². The van der Waals surface area contributed by atoms with Crippen LogP contribution in [0.1, 0.15) is 24.2 Å². The number of likely N-dealkylation sites (N-methyl/N-ethyl adjacent to an activating group) is 1. The smallest absolute Gasteiger partial charge is 0.315 e. The largest absolute Gasteiger partial charge is 0.359 e. The number of nitrogens with one attached hydrogen (secondary N) is 1. The Balaban J connectivity index is 1.85. The molecule has 8 heteroatoms. The minimum absolute atomic E-state index is 0.0963. The Hall–Kier alpha value is -2.38. The molecule has 22 heavy (non-hydrogen) atoms. The third kappa shape index (κ3) is 3.44. The zero-order valence-electron chi connectivity index (χ0n) is 13.0. The number of nitrogens with zero attached hydrogens (tertiary/aromatic N) is 3. The first-order valence-electron chi connectivity index (χ1n) is 7.17. The van der Waals surface area contributed by atoms with E-state index in [1.807, 2.05) is 0 Å². The molecule has 120 valence electrons. The lowest BCUT2D eigenvalue weighted by Crippen LogP contribution is -2.41. The van der Waals surface area contributed by atoms with Crippen molar-refractivity contribution in [2.45, 2.75) is 26.7 Å². The van der Waals surface area contributed by atoms with Gasteiger partial charge in [-0.1, -0.05) is 5.16 Å². The molecule has 0 radical (unpaired) electrons. The van der Waals surface area contributed by atoms with Gasteiger partial charge in [0.15, 0.2) is 5.82 Å². The summed E-state index contributed by atoms with van der Waals surface area (Å²) in [4.78, 5) is 38.4. The normalized spacial score (nSPS) is 14.3. The Morgan fingerprint density at radius 1 is 1.41 bits per heavy atom. The summed E-state index contributed by atoms with van der Waals surface area (Å²) in [6.45, 7) is 4.93. The standard InChI is InChI=1S/C14H20N4O4/c1-9-10(2)22-16-12(9)15-13(20)14(21)17(3)7-8-18-6-4-5-11(18)19/h4-8H2,1-3H3,(H,15,16,20). The highest BCUT2D eigenvalue weighted by Gasteiger charge is 2.24. The molecule has 1 aromatic heterocycles. The third-order valence-corrected chi connectivity index (χ3v) is 3.81. The van der Waals surface area contributed by atoms with Crippen LogP contribution in [0.2, 0.25) is 0 Å². The van der Waals surface area contributed by atoms with Crippen molar-refractivity contribution in [1.82, 2.24) is 15.0 Å². The average Bonchev–Trinajstić information content (AvgIpc) is 3.04. The Bertz CT molecular complexity index is 596. The molecule has 1 aromatic rings. The van der Waals surface area contributed by atoms with Crippen LogP contribution >= 0.6 is 0 Å². The average molecular weight is 308 g/mol. The molecule has 1 N–H and O–H groups in total. The van der Waals surface area contributed by atoms with Gasteiger partial charge in [-0.05, 0) is 20.3 Å². The molecule has 2 heterocycles. The van der Waals surface area contributed by atoms with Gasteiger partial charge in [0.2, 0.25) is 5.91 Å². The Morgan fingerprint density at radius 2 is 2.14 bits per heavy atom. The van der Waals surface area contributed by atoms with Gasteiger partial charge in [-0.2, -0.15) is 0 Å². The van der Waals surface area contributed by atoms with E-state index in [4.69, 9.17) is 4.52 Å². The summed E-state index contributed by atoms with van der Waals surface area (Å²) < 4.78 is 4.93. The van der Waals surface area contributed by atoms with E-state index in [1.54, 1.807) is 18.7 Å². The van der Waals surface area contributed by atoms with E-state index in [9.17, 15) is 14.4 Å². The number of aromatic nitrogens is 1. The number of rotatable bonds is 4. The van der Waals surface area contributed by atoms with E-state index in [2.05, 4.69) is 10.5 Å². The van der Waals surface area contributed by atoms with Crippen molar-refractivity contribution in [1.29, 1.82) is 0 Å². The number of hydrogen-bond donors (Lipinski definition) is 1. The van der Waals surface area contributed by atoms with Gasteiger partial charge in [0, 0.05) is 38.7 Å². The number of hydrogen-bond acceptors (Lipinski definition) is 5. The molecule has 0 unspecified atom stereocenters. The van der Waals surface area contributed by atoms with Crippen LogP contribution in [0.5, 0.6) is 0 Å². The molecule has 0 aromatic carbocycles. The van der Waals surface area contributed by atoms with Crippen LogP contribution in [-0.2, 0) is 14.4 Å². The summed E-state index contributed by atoms with van der Waals surface area (Å²) in [5.74, 6) is -0.514. The van der Waals surface area contributed by atoms with E-state index < -0.39 is 11.8 Å². The molecule has 1 aliphatic rings. The minimum Gasteiger partial charge on any atom is -0.359 e. The predicted octanol–water partition coefficient (Wildman–Crippen LogP) is 0.311. The molecule has 1 aliphatic heterocycles. The summed E-state index contributed by atoms with van der Waals surface area (Å²) in [5.41, 5.74) is 0.687. The van der Waals surface area contributed by atoms with Gasteiger partial charge in [0.1, 0.15) is 5.76 Å². The van der Waals surface area contributed by atoms with Gasteiger partial charge in [0.05, 0.1) is 0 Å². The molecule has 0 saturated carbocycles. The predicted molar refractivity (Wildman–Crippen MR) is 78.1 cm³/mol. The van der Waals surface area contributed by atoms with Gasteiger partial charge in [-0.3, -0.25) is 19.7 Å². The number of carbonyl (C=O) groups is 3. The van der Waals surface area contributed by atoms with Crippen LogP contribution < -0.4 is 5.32 Å². The molecular formula is C14H20N4O4. The first-order valence-corrected chi connectivity index (χ1v) is 7.17. The summed E-state index contributed by atoms with van der Waals surface area (Å²) >= 11 is 0. The highest BCUT2D eigenvalue weighted by Crippen LogP contribution is 2.16. The highest BCUT2D eigenvalue weighted by atomic mass is 16.5. The second kappa shape index (κ2) is 6.59. The maximum absolute atomic E-state index is 12.0. The van der Waals surface area contributed by atoms with Crippen molar-refractivity contribution in [3.8, 4) is 0 Å². The molecule has 0 spiro atoms. The van der Waals surface area contributed by atoms with Crippen LogP contribution in [0.3, 0.4) is 0 Å². The lowest BCUT2D eigenvalue weighted by molar-refractivity contribution is -0.142. The van der Waals surface area contributed by atoms with Gasteiger partial charge >= 0.3 is 11.8 Å². The van der Waals surface area contributed by atoms with Gasteiger partial charge < -0.3 is 14.3 Å². The number of likely N-dealkylation sites (tertiary alicyclic amines) is 1. The van der Waals surface area contributed by atoms with E-state index in [0.717, 1.165) is 6.42 Å². The number of aryl methyl sites for hydroxylation is 1. The Labute approximate surface area is 128 Å². The third-order valence-electron chi connectivity index (χ3n) is 3.81. The number of anilines is 1. The topological polar surface area (TPSA) is 95.8 Å². The first kappa shape index (κ1) is 16.0. The van der Waals surface area contributed by atoms with E-state index in [-0.39, 0.29) is 11.7 Å². The molecule has 0 bridgehead atoms. The lowest BCUT2D eigenvalue weighted by Gasteiger charge is -2.21. The van der Waals surface area contributed by atoms with Crippen LogP contribution in [0.25, 0.3) is 0 Å². The van der Waals surface area contributed by atoms with E-state index in [0.29, 0.717) is 37.4 Å². The molecule has 2 rings (SSSR count). The van der Waals surface area contributed by atoms with Crippen LogP contribution in [0.15, 0.2) is 4.52 Å². The highest BCUT2D eigenvalue weighted by molar-refractivity contribution is 6.39. The summed E-state index contributed by atoms with van der Waals surface area (Å²) in [5, 5.41) is 6.12. The summed E-state index contributed by atoms with van der Waals surface area (Å²) in [6, 6.07) is 0. The van der Waals surface area contributed by atoms with E-state index in [1.165, 1.54) is 11.9 Å². The van der Waals surface area contributed by atoms with Crippen LogP contribution in [-0.4, -0.2) is 59.4 Å².